The zero-order valence-electron chi connectivity index (χ0n) is 8.86. The SMILES string of the molecule is Cc1cc(-c2ccncn2)cc(C)c1N. The van der Waals surface area contributed by atoms with E-state index in [9.17, 15) is 0 Å². The van der Waals surface area contributed by atoms with Crippen LogP contribution in [-0.2, 0) is 0 Å². The van der Waals surface area contributed by atoms with Crippen LogP contribution in [0.15, 0.2) is 30.7 Å². The highest BCUT2D eigenvalue weighted by Gasteiger charge is 2.04. The predicted octanol–water partition coefficient (Wildman–Crippen LogP) is 2.34. The first-order chi connectivity index (χ1) is 7.18. The molecular formula is C12H13N3. The van der Waals surface area contributed by atoms with Gasteiger partial charge in [0.15, 0.2) is 0 Å². The second-order valence-corrected chi connectivity index (χ2v) is 3.62. The molecule has 0 saturated carbocycles. The maximum atomic E-state index is 5.90. The monoisotopic (exact) mass is 199 g/mol. The van der Waals surface area contributed by atoms with Gasteiger partial charge in [-0.1, -0.05) is 0 Å². The fourth-order valence-corrected chi connectivity index (χ4v) is 1.58. The molecule has 0 fully saturated rings. The first-order valence-electron chi connectivity index (χ1n) is 4.81. The summed E-state index contributed by atoms with van der Waals surface area (Å²) < 4.78 is 0. The van der Waals surface area contributed by atoms with Gasteiger partial charge in [-0.05, 0) is 43.2 Å². The molecule has 0 radical (unpaired) electrons. The van der Waals surface area contributed by atoms with Crippen LogP contribution in [-0.4, -0.2) is 9.97 Å². The standard InChI is InChI=1S/C12H13N3/c1-8-5-10(6-9(2)12(8)13)11-3-4-14-7-15-11/h3-7H,13H2,1-2H3. The first kappa shape index (κ1) is 9.65. The molecule has 0 aliphatic carbocycles. The van der Waals surface area contributed by atoms with Crippen LogP contribution in [0.1, 0.15) is 11.1 Å². The molecule has 0 spiro atoms. The van der Waals surface area contributed by atoms with Gasteiger partial charge in [-0.2, -0.15) is 0 Å². The Kier molecular flexibility index (Phi) is 2.37. The summed E-state index contributed by atoms with van der Waals surface area (Å²) in [5, 5.41) is 0. The van der Waals surface area contributed by atoms with Crippen LogP contribution in [0.4, 0.5) is 5.69 Å². The Hall–Kier alpha value is -1.90. The van der Waals surface area contributed by atoms with E-state index in [2.05, 4.69) is 9.97 Å². The number of hydrogen-bond acceptors (Lipinski definition) is 3. The van der Waals surface area contributed by atoms with Crippen molar-refractivity contribution in [1.82, 2.24) is 9.97 Å². The Labute approximate surface area is 89.0 Å². The Morgan fingerprint density at radius 3 is 2.33 bits per heavy atom. The van der Waals surface area contributed by atoms with Crippen LogP contribution in [0.3, 0.4) is 0 Å². The van der Waals surface area contributed by atoms with E-state index in [1.165, 1.54) is 0 Å². The summed E-state index contributed by atoms with van der Waals surface area (Å²) in [5.74, 6) is 0. The quantitative estimate of drug-likeness (QED) is 0.717. The van der Waals surface area contributed by atoms with Gasteiger partial charge >= 0.3 is 0 Å². The van der Waals surface area contributed by atoms with E-state index < -0.39 is 0 Å². The highest BCUT2D eigenvalue weighted by Crippen LogP contribution is 2.24. The summed E-state index contributed by atoms with van der Waals surface area (Å²) in [5.41, 5.74) is 10.9. The van der Waals surface area contributed by atoms with Crippen molar-refractivity contribution in [3.63, 3.8) is 0 Å². The number of nitrogens with zero attached hydrogens (tertiary/aromatic N) is 2. The topological polar surface area (TPSA) is 51.8 Å². The lowest BCUT2D eigenvalue weighted by Crippen LogP contribution is -1.95. The summed E-state index contributed by atoms with van der Waals surface area (Å²) in [7, 11) is 0. The Bertz CT molecular complexity index is 454. The van der Waals surface area contributed by atoms with Crippen molar-refractivity contribution in [1.29, 1.82) is 0 Å². The lowest BCUT2D eigenvalue weighted by molar-refractivity contribution is 1.17. The minimum atomic E-state index is 0.854. The van der Waals surface area contributed by atoms with Crippen LogP contribution >= 0.6 is 0 Å². The number of nitrogens with two attached hydrogens (primary N) is 1. The first-order valence-corrected chi connectivity index (χ1v) is 4.81. The number of nitrogen functional groups attached to an aromatic ring is 1. The average molecular weight is 199 g/mol. The zero-order valence-corrected chi connectivity index (χ0v) is 8.86. The molecule has 1 aromatic heterocycles. The van der Waals surface area contributed by atoms with E-state index >= 15 is 0 Å². The van der Waals surface area contributed by atoms with Crippen LogP contribution in [0.2, 0.25) is 0 Å². The highest BCUT2D eigenvalue weighted by molar-refractivity contribution is 5.67. The second kappa shape index (κ2) is 3.69. The van der Waals surface area contributed by atoms with E-state index in [4.69, 9.17) is 5.73 Å². The van der Waals surface area contributed by atoms with E-state index in [1.54, 1.807) is 12.5 Å². The van der Waals surface area contributed by atoms with Crippen LogP contribution < -0.4 is 5.73 Å². The summed E-state index contributed by atoms with van der Waals surface area (Å²) in [6.07, 6.45) is 3.29. The molecule has 0 aliphatic rings. The van der Waals surface area contributed by atoms with Crippen LogP contribution in [0.5, 0.6) is 0 Å². The molecule has 0 aliphatic heterocycles. The highest BCUT2D eigenvalue weighted by atomic mass is 14.8. The molecule has 2 aromatic rings. The predicted molar refractivity (Wildman–Crippen MR) is 61.4 cm³/mol. The summed E-state index contributed by atoms with van der Waals surface area (Å²) >= 11 is 0. The molecule has 2 N–H and O–H groups in total. The smallest absolute Gasteiger partial charge is 0.116 e. The maximum absolute atomic E-state index is 5.90. The Balaban J connectivity index is 2.56. The fraction of sp³-hybridized carbons (Fsp3) is 0.167. The van der Waals surface area contributed by atoms with Gasteiger partial charge in [-0.15, -0.1) is 0 Å². The molecule has 0 atom stereocenters. The number of hydrogen-bond donors (Lipinski definition) is 1. The van der Waals surface area contributed by atoms with Gasteiger partial charge in [0.05, 0.1) is 5.69 Å². The molecule has 76 valence electrons. The maximum Gasteiger partial charge on any atom is 0.116 e. The van der Waals surface area contributed by atoms with Crippen LogP contribution in [0, 0.1) is 13.8 Å². The van der Waals surface area contributed by atoms with Crippen molar-refractivity contribution in [2.24, 2.45) is 0 Å². The van der Waals surface area contributed by atoms with Gasteiger partial charge in [-0.25, -0.2) is 9.97 Å². The van der Waals surface area contributed by atoms with Crippen molar-refractivity contribution in [3.8, 4) is 11.3 Å². The van der Waals surface area contributed by atoms with Crippen molar-refractivity contribution in [2.75, 3.05) is 5.73 Å². The van der Waals surface area contributed by atoms with Gasteiger partial charge < -0.3 is 5.73 Å². The molecule has 1 heterocycles. The Morgan fingerprint density at radius 2 is 1.80 bits per heavy atom. The molecule has 2 rings (SSSR count). The van der Waals surface area contributed by atoms with Gasteiger partial charge in [0.1, 0.15) is 6.33 Å². The van der Waals surface area contributed by atoms with Crippen molar-refractivity contribution < 1.29 is 0 Å². The molecule has 3 heteroatoms. The average Bonchev–Trinajstić information content (AvgIpc) is 2.26. The number of aromatic nitrogens is 2. The number of benzene rings is 1. The largest absolute Gasteiger partial charge is 0.398 e. The molecule has 0 bridgehead atoms. The molecule has 1 aromatic carbocycles. The van der Waals surface area contributed by atoms with E-state index in [1.807, 2.05) is 32.0 Å². The number of aryl methyl sites for hydroxylation is 2. The third-order valence-electron chi connectivity index (χ3n) is 2.47. The van der Waals surface area contributed by atoms with Gasteiger partial charge in [0.2, 0.25) is 0 Å². The zero-order chi connectivity index (χ0) is 10.8. The minimum Gasteiger partial charge on any atom is -0.398 e. The minimum absolute atomic E-state index is 0.854. The molecular weight excluding hydrogens is 186 g/mol. The molecule has 3 nitrogen and oxygen atoms in total. The van der Waals surface area contributed by atoms with E-state index in [0.29, 0.717) is 0 Å². The number of anilines is 1. The second-order valence-electron chi connectivity index (χ2n) is 3.62. The van der Waals surface area contributed by atoms with Crippen molar-refractivity contribution in [3.05, 3.63) is 41.9 Å². The van der Waals surface area contributed by atoms with Gasteiger partial charge in [-0.3, -0.25) is 0 Å². The van der Waals surface area contributed by atoms with Crippen molar-refractivity contribution in [2.45, 2.75) is 13.8 Å². The van der Waals surface area contributed by atoms with E-state index in [0.717, 1.165) is 28.1 Å². The summed E-state index contributed by atoms with van der Waals surface area (Å²) in [6, 6.07) is 5.99. The lowest BCUT2D eigenvalue weighted by atomic mass is 10.0. The number of rotatable bonds is 1. The van der Waals surface area contributed by atoms with Gasteiger partial charge in [0.25, 0.3) is 0 Å². The fourth-order valence-electron chi connectivity index (χ4n) is 1.58. The van der Waals surface area contributed by atoms with E-state index in [-0.39, 0.29) is 0 Å². The third-order valence-corrected chi connectivity index (χ3v) is 2.47. The molecule has 0 unspecified atom stereocenters. The normalized spacial score (nSPS) is 10.3. The molecule has 15 heavy (non-hydrogen) atoms. The van der Waals surface area contributed by atoms with Gasteiger partial charge in [0, 0.05) is 17.4 Å². The summed E-state index contributed by atoms with van der Waals surface area (Å²) in [6.45, 7) is 4.01. The third kappa shape index (κ3) is 1.81. The Morgan fingerprint density at radius 1 is 1.13 bits per heavy atom. The molecule has 0 saturated heterocycles. The van der Waals surface area contributed by atoms with Crippen molar-refractivity contribution >= 4 is 5.69 Å². The van der Waals surface area contributed by atoms with Crippen LogP contribution in [0.25, 0.3) is 11.3 Å². The molecule has 0 amide bonds. The summed E-state index contributed by atoms with van der Waals surface area (Å²) in [4.78, 5) is 8.11. The lowest BCUT2D eigenvalue weighted by Gasteiger charge is -2.07.